The quantitative estimate of drug-likeness (QED) is 0.584. The summed E-state index contributed by atoms with van der Waals surface area (Å²) < 4.78 is 91.4. The Labute approximate surface area is 157 Å². The second-order valence-corrected chi connectivity index (χ2v) is 6.45. The van der Waals surface area contributed by atoms with Gasteiger partial charge in [0.25, 0.3) is 0 Å². The molecule has 2 aromatic rings. The van der Waals surface area contributed by atoms with Crippen LogP contribution in [0.4, 0.5) is 26.3 Å². The Morgan fingerprint density at radius 2 is 1.18 bits per heavy atom. The second-order valence-electron chi connectivity index (χ2n) is 6.45. The maximum absolute atomic E-state index is 13.8. The van der Waals surface area contributed by atoms with Crippen LogP contribution in [0.5, 0.6) is 11.5 Å². The predicted molar refractivity (Wildman–Crippen MR) is 90.4 cm³/mol. The largest absolute Gasteiger partial charge is 0.497 e. The summed E-state index contributed by atoms with van der Waals surface area (Å²) in [7, 11) is 1.55. The fourth-order valence-corrected chi connectivity index (χ4v) is 2.87. The molecule has 3 rings (SSSR count). The Kier molecular flexibility index (Phi) is 4.85. The van der Waals surface area contributed by atoms with E-state index in [-0.39, 0.29) is 5.75 Å². The summed E-state index contributed by atoms with van der Waals surface area (Å²) in [5.41, 5.74) is 0.261. The lowest BCUT2D eigenvalue weighted by atomic mass is 10.0. The van der Waals surface area contributed by atoms with Gasteiger partial charge in [0.05, 0.1) is 7.11 Å². The smallest absolute Gasteiger partial charge is 0.383 e. The summed E-state index contributed by atoms with van der Waals surface area (Å²) in [5, 5.41) is 0. The Morgan fingerprint density at radius 1 is 0.714 bits per heavy atom. The van der Waals surface area contributed by atoms with E-state index in [2.05, 4.69) is 0 Å². The molecule has 0 spiro atoms. The Hall–Kier alpha value is -2.64. The SMILES string of the molecule is COc1ccc(Cc2ccc(OC3=C(C)C(F)(F)C(F)(F)C3(F)F)cc2)cc1. The fourth-order valence-electron chi connectivity index (χ4n) is 2.87. The molecule has 0 aromatic heterocycles. The number of hydrogen-bond acceptors (Lipinski definition) is 2. The summed E-state index contributed by atoms with van der Waals surface area (Å²) in [6, 6.07) is 12.9. The van der Waals surface area contributed by atoms with Crippen molar-refractivity contribution in [3.63, 3.8) is 0 Å². The van der Waals surface area contributed by atoms with E-state index in [1.165, 1.54) is 12.1 Å². The monoisotopic (exact) mass is 402 g/mol. The van der Waals surface area contributed by atoms with Gasteiger partial charge in [0, 0.05) is 5.57 Å². The lowest BCUT2D eigenvalue weighted by Gasteiger charge is -2.24. The van der Waals surface area contributed by atoms with Crippen LogP contribution in [0.1, 0.15) is 18.1 Å². The molecule has 1 aliphatic rings. The highest BCUT2D eigenvalue weighted by Crippen LogP contribution is 2.59. The standard InChI is InChI=1S/C20H16F6O2/c1-12-17(19(23,24)20(25,26)18(12,21)22)28-16-9-5-14(6-10-16)11-13-3-7-15(27-2)8-4-13/h3-10H,11H2,1-2H3. The highest BCUT2D eigenvalue weighted by atomic mass is 19.3. The molecule has 0 fully saturated rings. The first-order chi connectivity index (χ1) is 13.0. The molecule has 0 radical (unpaired) electrons. The fraction of sp³-hybridized carbons (Fsp3) is 0.300. The van der Waals surface area contributed by atoms with E-state index in [1.807, 2.05) is 12.1 Å². The third kappa shape index (κ3) is 3.10. The molecule has 0 bridgehead atoms. The number of methoxy groups -OCH3 is 1. The molecule has 0 atom stereocenters. The van der Waals surface area contributed by atoms with Crippen molar-refractivity contribution in [1.82, 2.24) is 0 Å². The Balaban J connectivity index is 1.78. The van der Waals surface area contributed by atoms with Gasteiger partial charge in [-0.3, -0.25) is 0 Å². The van der Waals surface area contributed by atoms with E-state index in [9.17, 15) is 26.3 Å². The van der Waals surface area contributed by atoms with Crippen LogP contribution in [-0.2, 0) is 6.42 Å². The molecular weight excluding hydrogens is 386 g/mol. The molecule has 0 aliphatic heterocycles. The zero-order chi connectivity index (χ0) is 20.7. The van der Waals surface area contributed by atoms with Gasteiger partial charge in [-0.1, -0.05) is 24.3 Å². The number of allylic oxidation sites excluding steroid dienone is 2. The van der Waals surface area contributed by atoms with Crippen LogP contribution in [0, 0.1) is 0 Å². The van der Waals surface area contributed by atoms with Crippen molar-refractivity contribution in [2.24, 2.45) is 0 Å². The molecular formula is C20H16F6O2. The zero-order valence-corrected chi connectivity index (χ0v) is 14.9. The maximum Gasteiger partial charge on any atom is 0.383 e. The average Bonchev–Trinajstić information content (AvgIpc) is 2.74. The van der Waals surface area contributed by atoms with Gasteiger partial charge in [-0.2, -0.15) is 26.3 Å². The summed E-state index contributed by atoms with van der Waals surface area (Å²) in [4.78, 5) is 0. The van der Waals surface area contributed by atoms with E-state index >= 15 is 0 Å². The Bertz CT molecular complexity index is 886. The van der Waals surface area contributed by atoms with E-state index in [4.69, 9.17) is 9.47 Å². The van der Waals surface area contributed by atoms with Gasteiger partial charge in [-0.15, -0.1) is 0 Å². The molecule has 0 heterocycles. The van der Waals surface area contributed by atoms with E-state index in [1.54, 1.807) is 31.4 Å². The third-order valence-corrected chi connectivity index (χ3v) is 4.60. The molecule has 2 nitrogen and oxygen atoms in total. The molecule has 1 aliphatic carbocycles. The van der Waals surface area contributed by atoms with Crippen molar-refractivity contribution >= 4 is 0 Å². The summed E-state index contributed by atoms with van der Waals surface area (Å²) in [6.45, 7) is 0.516. The van der Waals surface area contributed by atoms with Gasteiger partial charge in [-0.05, 0) is 48.7 Å². The second kappa shape index (κ2) is 6.76. The number of benzene rings is 2. The van der Waals surface area contributed by atoms with Crippen molar-refractivity contribution in [3.05, 3.63) is 71.0 Å². The van der Waals surface area contributed by atoms with Crippen LogP contribution in [-0.4, -0.2) is 24.9 Å². The van der Waals surface area contributed by atoms with Crippen molar-refractivity contribution < 1.29 is 35.8 Å². The van der Waals surface area contributed by atoms with Gasteiger partial charge >= 0.3 is 17.8 Å². The van der Waals surface area contributed by atoms with Crippen LogP contribution in [0.2, 0.25) is 0 Å². The molecule has 0 saturated carbocycles. The lowest BCUT2D eigenvalue weighted by Crippen LogP contribution is -2.49. The first-order valence-corrected chi connectivity index (χ1v) is 8.25. The average molecular weight is 402 g/mol. The van der Waals surface area contributed by atoms with Gasteiger partial charge in [0.1, 0.15) is 11.5 Å². The van der Waals surface area contributed by atoms with E-state index in [0.29, 0.717) is 19.1 Å². The van der Waals surface area contributed by atoms with Gasteiger partial charge < -0.3 is 9.47 Å². The highest BCUT2D eigenvalue weighted by molar-refractivity contribution is 5.40. The maximum atomic E-state index is 13.8. The Morgan fingerprint density at radius 3 is 1.57 bits per heavy atom. The van der Waals surface area contributed by atoms with E-state index in [0.717, 1.165) is 11.1 Å². The van der Waals surface area contributed by atoms with Crippen LogP contribution in [0.15, 0.2) is 59.9 Å². The molecule has 0 amide bonds. The molecule has 2 aromatic carbocycles. The summed E-state index contributed by atoms with van der Waals surface area (Å²) in [6.07, 6.45) is 0.512. The summed E-state index contributed by atoms with van der Waals surface area (Å²) >= 11 is 0. The van der Waals surface area contributed by atoms with Gasteiger partial charge in [0.2, 0.25) is 0 Å². The third-order valence-electron chi connectivity index (χ3n) is 4.60. The lowest BCUT2D eigenvalue weighted by molar-refractivity contribution is -0.269. The molecule has 28 heavy (non-hydrogen) atoms. The van der Waals surface area contributed by atoms with Crippen LogP contribution in [0.3, 0.4) is 0 Å². The first-order valence-electron chi connectivity index (χ1n) is 8.25. The predicted octanol–water partition coefficient (Wildman–Crippen LogP) is 5.86. The normalized spacial score (nSPS) is 19.6. The minimum atomic E-state index is -5.55. The van der Waals surface area contributed by atoms with Crippen LogP contribution < -0.4 is 9.47 Å². The van der Waals surface area contributed by atoms with Crippen molar-refractivity contribution in [2.75, 3.05) is 7.11 Å². The topological polar surface area (TPSA) is 18.5 Å². The minimum Gasteiger partial charge on any atom is -0.497 e. The molecule has 0 unspecified atom stereocenters. The van der Waals surface area contributed by atoms with E-state index < -0.39 is 29.1 Å². The first kappa shape index (κ1) is 20.1. The minimum absolute atomic E-state index is 0.235. The van der Waals surface area contributed by atoms with Crippen molar-refractivity contribution in [3.8, 4) is 11.5 Å². The van der Waals surface area contributed by atoms with Crippen molar-refractivity contribution in [1.29, 1.82) is 0 Å². The highest BCUT2D eigenvalue weighted by Gasteiger charge is 2.80. The number of hydrogen-bond donors (Lipinski definition) is 0. The molecule has 150 valence electrons. The van der Waals surface area contributed by atoms with Crippen molar-refractivity contribution in [2.45, 2.75) is 31.1 Å². The van der Waals surface area contributed by atoms with Gasteiger partial charge in [0.15, 0.2) is 5.76 Å². The number of alkyl halides is 6. The number of halogens is 6. The number of rotatable bonds is 5. The zero-order valence-electron chi connectivity index (χ0n) is 14.9. The molecule has 8 heteroatoms. The molecule has 0 saturated heterocycles. The number of ether oxygens (including phenoxy) is 2. The van der Waals surface area contributed by atoms with Crippen LogP contribution in [0.25, 0.3) is 0 Å². The van der Waals surface area contributed by atoms with Crippen LogP contribution >= 0.6 is 0 Å². The summed E-state index contributed by atoms with van der Waals surface area (Å²) in [5.74, 6) is -16.9. The molecule has 0 N–H and O–H groups in total. The van der Waals surface area contributed by atoms with Gasteiger partial charge in [-0.25, -0.2) is 0 Å².